The Bertz CT molecular complexity index is 885. The normalized spacial score (nSPS) is 17.8. The van der Waals surface area contributed by atoms with E-state index in [1.54, 1.807) is 19.2 Å². The Balaban J connectivity index is 1.63. The van der Waals surface area contributed by atoms with E-state index in [9.17, 15) is 9.59 Å². The van der Waals surface area contributed by atoms with E-state index >= 15 is 0 Å². The van der Waals surface area contributed by atoms with Crippen LogP contribution < -0.4 is 10.1 Å². The van der Waals surface area contributed by atoms with Crippen LogP contribution in [0.25, 0.3) is 0 Å². The van der Waals surface area contributed by atoms with Gasteiger partial charge in [-0.2, -0.15) is 0 Å². The maximum Gasteiger partial charge on any atom is 0.242 e. The number of hydrogen-bond acceptors (Lipinski definition) is 5. The number of anilines is 1. The maximum absolute atomic E-state index is 12.5. The van der Waals surface area contributed by atoms with Crippen molar-refractivity contribution in [2.75, 3.05) is 19.0 Å². The highest BCUT2D eigenvalue weighted by Gasteiger charge is 2.37. The van der Waals surface area contributed by atoms with Gasteiger partial charge in [0.05, 0.1) is 12.3 Å². The number of amides is 2. The molecule has 2 amide bonds. The third-order valence-electron chi connectivity index (χ3n) is 4.01. The van der Waals surface area contributed by atoms with Crippen LogP contribution in [-0.2, 0) is 9.59 Å². The lowest BCUT2D eigenvalue weighted by molar-refractivity contribution is -0.127. The van der Waals surface area contributed by atoms with Crippen LogP contribution in [0.1, 0.15) is 13.3 Å². The van der Waals surface area contributed by atoms with Gasteiger partial charge < -0.3 is 10.1 Å². The molecule has 1 fully saturated rings. The summed E-state index contributed by atoms with van der Waals surface area (Å²) >= 11 is 4.66. The SMILES string of the molecule is CCOc1ccc(N=C2SC(CC(=O)Nc3ccc(Br)cc3)C(=O)N2C)cc1. The van der Waals surface area contributed by atoms with Gasteiger partial charge in [-0.25, -0.2) is 4.99 Å². The van der Waals surface area contributed by atoms with Gasteiger partial charge in [0.1, 0.15) is 11.0 Å². The van der Waals surface area contributed by atoms with Gasteiger partial charge in [-0.15, -0.1) is 0 Å². The van der Waals surface area contributed by atoms with Crippen molar-refractivity contribution < 1.29 is 14.3 Å². The molecular formula is C20H20BrN3O3S. The monoisotopic (exact) mass is 461 g/mol. The summed E-state index contributed by atoms with van der Waals surface area (Å²) in [5, 5.41) is 2.91. The van der Waals surface area contributed by atoms with Gasteiger partial charge in [-0.3, -0.25) is 14.5 Å². The smallest absolute Gasteiger partial charge is 0.242 e. The summed E-state index contributed by atoms with van der Waals surface area (Å²) in [6.07, 6.45) is 0.0895. The van der Waals surface area contributed by atoms with Crippen LogP contribution in [0.2, 0.25) is 0 Å². The standard InChI is InChI=1S/C20H20BrN3O3S/c1-3-27-16-10-8-15(9-11-16)23-20-24(2)19(26)17(28-20)12-18(25)22-14-6-4-13(21)5-7-14/h4-11,17H,3,12H2,1-2H3,(H,22,25). The van der Waals surface area contributed by atoms with E-state index in [0.717, 1.165) is 15.9 Å². The third kappa shape index (κ3) is 5.14. The van der Waals surface area contributed by atoms with Crippen LogP contribution in [0.15, 0.2) is 58.0 Å². The lowest BCUT2D eigenvalue weighted by Crippen LogP contribution is -2.30. The van der Waals surface area contributed by atoms with Crippen molar-refractivity contribution >= 4 is 56.0 Å². The third-order valence-corrected chi connectivity index (χ3v) is 5.77. The Morgan fingerprint density at radius 2 is 1.89 bits per heavy atom. The second-order valence-corrected chi connectivity index (χ2v) is 8.17. The first-order chi connectivity index (χ1) is 13.5. The number of nitrogens with one attached hydrogen (secondary N) is 1. The molecule has 2 aromatic carbocycles. The molecule has 146 valence electrons. The molecule has 1 atom stereocenters. The van der Waals surface area contributed by atoms with Gasteiger partial charge in [0.2, 0.25) is 11.8 Å². The van der Waals surface area contributed by atoms with E-state index in [4.69, 9.17) is 4.74 Å². The predicted molar refractivity (Wildman–Crippen MR) is 116 cm³/mol. The molecule has 1 unspecified atom stereocenters. The molecular weight excluding hydrogens is 442 g/mol. The van der Waals surface area contributed by atoms with Crippen LogP contribution in [0.3, 0.4) is 0 Å². The number of rotatable bonds is 6. The number of thioether (sulfide) groups is 1. The fourth-order valence-electron chi connectivity index (χ4n) is 2.60. The molecule has 0 aromatic heterocycles. The van der Waals surface area contributed by atoms with Crippen molar-refractivity contribution in [2.45, 2.75) is 18.6 Å². The van der Waals surface area contributed by atoms with Gasteiger partial charge in [-0.05, 0) is 55.5 Å². The van der Waals surface area contributed by atoms with Gasteiger partial charge in [0, 0.05) is 23.6 Å². The van der Waals surface area contributed by atoms with Crippen molar-refractivity contribution in [3.05, 3.63) is 53.0 Å². The minimum Gasteiger partial charge on any atom is -0.494 e. The number of halogens is 1. The van der Waals surface area contributed by atoms with E-state index in [2.05, 4.69) is 26.2 Å². The Kier molecular flexibility index (Phi) is 6.74. The molecule has 1 N–H and O–H groups in total. The lowest BCUT2D eigenvalue weighted by atomic mass is 10.2. The van der Waals surface area contributed by atoms with Crippen molar-refractivity contribution in [3.8, 4) is 5.75 Å². The summed E-state index contributed by atoms with van der Waals surface area (Å²) in [5.41, 5.74) is 1.42. The van der Waals surface area contributed by atoms with Crippen LogP contribution in [0, 0.1) is 0 Å². The maximum atomic E-state index is 12.5. The van der Waals surface area contributed by atoms with Crippen LogP contribution in [0.5, 0.6) is 5.75 Å². The first kappa shape index (κ1) is 20.4. The van der Waals surface area contributed by atoms with E-state index < -0.39 is 5.25 Å². The summed E-state index contributed by atoms with van der Waals surface area (Å²) in [6, 6.07) is 14.7. The molecule has 0 aliphatic carbocycles. The van der Waals surface area contributed by atoms with Gasteiger partial charge in [-0.1, -0.05) is 27.7 Å². The Labute approximate surface area is 176 Å². The molecule has 1 aliphatic heterocycles. The van der Waals surface area contributed by atoms with Crippen molar-refractivity contribution in [1.82, 2.24) is 4.90 Å². The quantitative estimate of drug-likeness (QED) is 0.689. The highest BCUT2D eigenvalue weighted by molar-refractivity contribution is 9.10. The Morgan fingerprint density at radius 3 is 2.54 bits per heavy atom. The summed E-state index contributed by atoms with van der Waals surface area (Å²) in [6.45, 7) is 2.53. The largest absolute Gasteiger partial charge is 0.494 e. The topological polar surface area (TPSA) is 71.0 Å². The van der Waals surface area contributed by atoms with Crippen molar-refractivity contribution in [3.63, 3.8) is 0 Å². The molecule has 6 nitrogen and oxygen atoms in total. The summed E-state index contributed by atoms with van der Waals surface area (Å²) in [5.74, 6) is 0.446. The Morgan fingerprint density at radius 1 is 1.21 bits per heavy atom. The average Bonchev–Trinajstić information content (AvgIpc) is 2.93. The van der Waals surface area contributed by atoms with E-state index in [1.807, 2.05) is 43.3 Å². The molecule has 1 aliphatic rings. The summed E-state index contributed by atoms with van der Waals surface area (Å²) < 4.78 is 6.35. The van der Waals surface area contributed by atoms with E-state index in [-0.39, 0.29) is 18.2 Å². The second kappa shape index (κ2) is 9.25. The second-order valence-electron chi connectivity index (χ2n) is 6.08. The number of nitrogens with zero attached hydrogens (tertiary/aromatic N) is 2. The molecule has 0 bridgehead atoms. The van der Waals surface area contributed by atoms with Crippen molar-refractivity contribution in [1.29, 1.82) is 0 Å². The Hall–Kier alpha value is -2.32. The van der Waals surface area contributed by atoms with Gasteiger partial charge >= 0.3 is 0 Å². The number of amidine groups is 1. The molecule has 0 radical (unpaired) electrons. The molecule has 2 aromatic rings. The fourth-order valence-corrected chi connectivity index (χ4v) is 4.02. The number of hydrogen-bond donors (Lipinski definition) is 1. The molecule has 1 saturated heterocycles. The van der Waals surface area contributed by atoms with Gasteiger partial charge in [0.25, 0.3) is 0 Å². The zero-order chi connectivity index (χ0) is 20.1. The molecule has 0 saturated carbocycles. The van der Waals surface area contributed by atoms with Crippen LogP contribution in [-0.4, -0.2) is 40.8 Å². The average molecular weight is 462 g/mol. The zero-order valence-corrected chi connectivity index (χ0v) is 17.9. The predicted octanol–water partition coefficient (Wildman–Crippen LogP) is 4.44. The summed E-state index contributed by atoms with van der Waals surface area (Å²) in [7, 11) is 1.68. The van der Waals surface area contributed by atoms with Crippen LogP contribution in [0.4, 0.5) is 11.4 Å². The lowest BCUT2D eigenvalue weighted by Gasteiger charge is -2.09. The minimum absolute atomic E-state index is 0.0895. The van der Waals surface area contributed by atoms with Crippen molar-refractivity contribution in [2.24, 2.45) is 4.99 Å². The number of carbonyl (C=O) groups excluding carboxylic acids is 2. The number of aliphatic imine (C=N–C) groups is 1. The van der Waals surface area contributed by atoms with E-state index in [1.165, 1.54) is 16.7 Å². The van der Waals surface area contributed by atoms with Crippen LogP contribution >= 0.6 is 27.7 Å². The first-order valence-corrected chi connectivity index (χ1v) is 10.4. The highest BCUT2D eigenvalue weighted by atomic mass is 79.9. The molecule has 3 rings (SSSR count). The molecule has 8 heteroatoms. The molecule has 28 heavy (non-hydrogen) atoms. The summed E-state index contributed by atoms with van der Waals surface area (Å²) in [4.78, 5) is 30.8. The number of carbonyl (C=O) groups is 2. The van der Waals surface area contributed by atoms with Gasteiger partial charge in [0.15, 0.2) is 5.17 Å². The number of benzene rings is 2. The fraction of sp³-hybridized carbons (Fsp3) is 0.250. The molecule has 0 spiro atoms. The minimum atomic E-state index is -0.484. The first-order valence-electron chi connectivity index (χ1n) is 8.77. The zero-order valence-electron chi connectivity index (χ0n) is 15.5. The number of ether oxygens (including phenoxy) is 1. The van der Waals surface area contributed by atoms with E-state index in [0.29, 0.717) is 17.5 Å². The molecule has 1 heterocycles. The highest BCUT2D eigenvalue weighted by Crippen LogP contribution is 2.31.